The first kappa shape index (κ1) is 10.7. The van der Waals surface area contributed by atoms with Crippen molar-refractivity contribution in [1.82, 2.24) is 9.36 Å². The van der Waals surface area contributed by atoms with Crippen LogP contribution in [-0.4, -0.2) is 9.36 Å². The molecule has 0 unspecified atom stereocenters. The highest BCUT2D eigenvalue weighted by atomic mass is 32.1. The number of hydrogen-bond acceptors (Lipinski definition) is 3. The zero-order valence-electron chi connectivity index (χ0n) is 10.2. The molecule has 3 aromatic rings. The van der Waals surface area contributed by atoms with Crippen LogP contribution in [0, 0.1) is 0 Å². The van der Waals surface area contributed by atoms with E-state index in [2.05, 4.69) is 54.4 Å². The summed E-state index contributed by atoms with van der Waals surface area (Å²) in [6.07, 6.45) is 1.89. The molecule has 3 rings (SSSR count). The van der Waals surface area contributed by atoms with Gasteiger partial charge in [0, 0.05) is 10.8 Å². The van der Waals surface area contributed by atoms with Crippen molar-refractivity contribution in [2.45, 2.75) is 26.2 Å². The number of aromatic nitrogens is 2. The van der Waals surface area contributed by atoms with Crippen LogP contribution in [-0.2, 0) is 5.41 Å². The summed E-state index contributed by atoms with van der Waals surface area (Å²) in [5, 5.41) is 2.33. The second kappa shape index (κ2) is 3.50. The minimum Gasteiger partial charge on any atom is -0.235 e. The van der Waals surface area contributed by atoms with Gasteiger partial charge in [0.2, 0.25) is 0 Å². The lowest BCUT2D eigenvalue weighted by molar-refractivity contribution is 0.591. The normalized spacial score (nSPS) is 12.4. The average Bonchev–Trinajstić information content (AvgIpc) is 2.70. The molecule has 2 heterocycles. The second-order valence-electron chi connectivity index (χ2n) is 5.37. The number of hydrogen-bond donors (Lipinski definition) is 0. The quantitative estimate of drug-likeness (QED) is 0.592. The maximum atomic E-state index is 4.62. The Kier molecular flexibility index (Phi) is 2.20. The minimum absolute atomic E-state index is 0.177. The molecule has 0 aliphatic rings. The van der Waals surface area contributed by atoms with Gasteiger partial charge in [-0.2, -0.15) is 4.37 Å². The Morgan fingerprint density at radius 3 is 2.65 bits per heavy atom. The molecule has 0 atom stereocenters. The van der Waals surface area contributed by atoms with Crippen LogP contribution in [0.1, 0.15) is 26.3 Å². The van der Waals surface area contributed by atoms with Crippen molar-refractivity contribution in [3.63, 3.8) is 0 Å². The molecule has 3 heteroatoms. The summed E-state index contributed by atoms with van der Waals surface area (Å²) in [6.45, 7) is 6.69. The summed E-state index contributed by atoms with van der Waals surface area (Å²) in [5.74, 6) is 0. The van der Waals surface area contributed by atoms with E-state index in [1.165, 1.54) is 22.5 Å². The summed E-state index contributed by atoms with van der Waals surface area (Å²) < 4.78 is 4.17. The molecular formula is C14H14N2S. The fourth-order valence-electron chi connectivity index (χ4n) is 1.94. The Balaban J connectivity index is 2.31. The zero-order chi connectivity index (χ0) is 12.0. The average molecular weight is 242 g/mol. The molecule has 0 saturated heterocycles. The molecule has 0 saturated carbocycles. The van der Waals surface area contributed by atoms with Crippen LogP contribution < -0.4 is 0 Å². The van der Waals surface area contributed by atoms with Gasteiger partial charge < -0.3 is 0 Å². The monoisotopic (exact) mass is 242 g/mol. The molecule has 0 amide bonds. The van der Waals surface area contributed by atoms with Gasteiger partial charge in [0.25, 0.3) is 0 Å². The third-order valence-corrected chi connectivity index (χ3v) is 3.72. The van der Waals surface area contributed by atoms with Gasteiger partial charge in [0.15, 0.2) is 0 Å². The Morgan fingerprint density at radius 2 is 1.88 bits per heavy atom. The van der Waals surface area contributed by atoms with E-state index >= 15 is 0 Å². The van der Waals surface area contributed by atoms with E-state index < -0.39 is 0 Å². The van der Waals surface area contributed by atoms with E-state index in [0.29, 0.717) is 0 Å². The molecular weight excluding hydrogens is 228 g/mol. The molecule has 86 valence electrons. The van der Waals surface area contributed by atoms with Crippen LogP contribution in [0.2, 0.25) is 0 Å². The van der Waals surface area contributed by atoms with Gasteiger partial charge in [0.05, 0.1) is 11.7 Å². The predicted octanol–water partition coefficient (Wildman–Crippen LogP) is 4.14. The zero-order valence-corrected chi connectivity index (χ0v) is 11.0. The highest BCUT2D eigenvalue weighted by Gasteiger charge is 2.14. The molecule has 1 aromatic carbocycles. The predicted molar refractivity (Wildman–Crippen MR) is 73.6 cm³/mol. The molecule has 0 radical (unpaired) electrons. The lowest BCUT2D eigenvalue weighted by Gasteiger charge is -2.19. The second-order valence-corrected chi connectivity index (χ2v) is 6.15. The highest BCUT2D eigenvalue weighted by molar-refractivity contribution is 7.12. The number of nitrogens with zero attached hydrogens (tertiary/aromatic N) is 2. The Labute approximate surface area is 104 Å². The van der Waals surface area contributed by atoms with E-state index in [1.807, 2.05) is 6.20 Å². The van der Waals surface area contributed by atoms with Gasteiger partial charge in [-0.05, 0) is 40.7 Å². The smallest absolute Gasteiger partial charge is 0.144 e. The van der Waals surface area contributed by atoms with Crippen LogP contribution in [0.5, 0.6) is 0 Å². The molecule has 0 N–H and O–H groups in total. The molecule has 0 spiro atoms. The Morgan fingerprint density at radius 1 is 1.06 bits per heavy atom. The lowest BCUT2D eigenvalue weighted by atomic mass is 9.86. The fraction of sp³-hybridized carbons (Fsp3) is 0.286. The summed E-state index contributed by atoms with van der Waals surface area (Å²) >= 11 is 1.45. The van der Waals surface area contributed by atoms with Crippen molar-refractivity contribution < 1.29 is 0 Å². The lowest BCUT2D eigenvalue weighted by Crippen LogP contribution is -2.10. The van der Waals surface area contributed by atoms with Crippen LogP contribution in [0.15, 0.2) is 30.5 Å². The Bertz CT molecular complexity index is 692. The van der Waals surface area contributed by atoms with Crippen molar-refractivity contribution in [3.8, 4) is 0 Å². The van der Waals surface area contributed by atoms with Crippen LogP contribution in [0.4, 0.5) is 0 Å². The molecule has 0 fully saturated rings. The number of benzene rings is 1. The van der Waals surface area contributed by atoms with Crippen molar-refractivity contribution in [3.05, 3.63) is 36.0 Å². The topological polar surface area (TPSA) is 25.8 Å². The molecule has 0 bridgehead atoms. The third-order valence-electron chi connectivity index (χ3n) is 3.00. The van der Waals surface area contributed by atoms with Gasteiger partial charge in [-0.15, -0.1) is 0 Å². The van der Waals surface area contributed by atoms with Crippen LogP contribution in [0.3, 0.4) is 0 Å². The standard InChI is InChI=1S/C14H14N2S/c1-14(2,3)11-4-5-12-9(7-11)6-10-8-15-17-13(10)16-12/h4-8H,1-3H3. The van der Waals surface area contributed by atoms with E-state index in [0.717, 1.165) is 15.7 Å². The maximum absolute atomic E-state index is 4.62. The third kappa shape index (κ3) is 1.80. The van der Waals surface area contributed by atoms with E-state index in [4.69, 9.17) is 0 Å². The molecule has 0 aliphatic carbocycles. The van der Waals surface area contributed by atoms with Crippen LogP contribution in [0.25, 0.3) is 21.1 Å². The minimum atomic E-state index is 0.177. The molecule has 2 aromatic heterocycles. The van der Waals surface area contributed by atoms with E-state index in [-0.39, 0.29) is 5.41 Å². The summed E-state index contributed by atoms with van der Waals surface area (Å²) in [6, 6.07) is 8.69. The van der Waals surface area contributed by atoms with Gasteiger partial charge >= 0.3 is 0 Å². The van der Waals surface area contributed by atoms with Crippen molar-refractivity contribution >= 4 is 32.7 Å². The number of pyridine rings is 1. The SMILES string of the molecule is CC(C)(C)c1ccc2nc3sncc3cc2c1. The van der Waals surface area contributed by atoms with Crippen molar-refractivity contribution in [1.29, 1.82) is 0 Å². The maximum Gasteiger partial charge on any atom is 0.144 e. The van der Waals surface area contributed by atoms with Gasteiger partial charge in [0.1, 0.15) is 4.83 Å². The van der Waals surface area contributed by atoms with Crippen LogP contribution >= 0.6 is 11.5 Å². The summed E-state index contributed by atoms with van der Waals surface area (Å²) in [7, 11) is 0. The van der Waals surface area contributed by atoms with E-state index in [1.54, 1.807) is 0 Å². The molecule has 17 heavy (non-hydrogen) atoms. The summed E-state index contributed by atoms with van der Waals surface area (Å²) in [5.41, 5.74) is 2.57. The largest absolute Gasteiger partial charge is 0.235 e. The van der Waals surface area contributed by atoms with E-state index in [9.17, 15) is 0 Å². The molecule has 0 aliphatic heterocycles. The Hall–Kier alpha value is -1.48. The molecule has 2 nitrogen and oxygen atoms in total. The first-order valence-corrected chi connectivity index (χ1v) is 6.47. The summed E-state index contributed by atoms with van der Waals surface area (Å²) in [4.78, 5) is 5.63. The van der Waals surface area contributed by atoms with Gasteiger partial charge in [-0.25, -0.2) is 4.98 Å². The fourth-order valence-corrected chi connectivity index (χ4v) is 2.56. The van der Waals surface area contributed by atoms with Gasteiger partial charge in [-0.1, -0.05) is 26.8 Å². The first-order valence-electron chi connectivity index (χ1n) is 5.70. The highest BCUT2D eigenvalue weighted by Crippen LogP contribution is 2.27. The van der Waals surface area contributed by atoms with Crippen molar-refractivity contribution in [2.75, 3.05) is 0 Å². The number of rotatable bonds is 0. The van der Waals surface area contributed by atoms with Gasteiger partial charge in [-0.3, -0.25) is 0 Å². The van der Waals surface area contributed by atoms with Crippen molar-refractivity contribution in [2.24, 2.45) is 0 Å². The number of fused-ring (bicyclic) bond motifs is 2. The first-order chi connectivity index (χ1) is 8.04.